The molecule has 9 heteroatoms. The van der Waals surface area contributed by atoms with Gasteiger partial charge in [-0.25, -0.2) is 17.7 Å². The van der Waals surface area contributed by atoms with Gasteiger partial charge in [0.25, 0.3) is 0 Å². The fourth-order valence-electron chi connectivity index (χ4n) is 5.89. The van der Waals surface area contributed by atoms with E-state index >= 15 is 0 Å². The van der Waals surface area contributed by atoms with Crippen LogP contribution in [0.3, 0.4) is 0 Å². The van der Waals surface area contributed by atoms with E-state index < -0.39 is 10.0 Å². The van der Waals surface area contributed by atoms with E-state index in [4.69, 9.17) is 4.98 Å². The highest BCUT2D eigenvalue weighted by molar-refractivity contribution is 7.88. The lowest BCUT2D eigenvalue weighted by atomic mass is 9.99. The molecule has 0 amide bonds. The Hall–Kier alpha value is -2.23. The average Bonchev–Trinajstić information content (AvgIpc) is 3.19. The molecule has 2 aromatic rings. The van der Waals surface area contributed by atoms with Gasteiger partial charge in [0.2, 0.25) is 16.0 Å². The number of sulfonamides is 1. The van der Waals surface area contributed by atoms with Gasteiger partial charge in [-0.3, -0.25) is 4.90 Å². The Morgan fingerprint density at radius 2 is 1.61 bits per heavy atom. The monoisotopic (exact) mass is 512 g/mol. The number of aromatic nitrogens is 2. The van der Waals surface area contributed by atoms with Crippen molar-refractivity contribution in [2.45, 2.75) is 69.2 Å². The van der Waals surface area contributed by atoms with E-state index in [1.165, 1.54) is 25.7 Å². The summed E-state index contributed by atoms with van der Waals surface area (Å²) in [6, 6.07) is 12.3. The van der Waals surface area contributed by atoms with Gasteiger partial charge >= 0.3 is 0 Å². The largest absolute Gasteiger partial charge is 0.356 e. The molecule has 0 spiro atoms. The smallest absolute Gasteiger partial charge is 0.224 e. The first-order valence-electron chi connectivity index (χ1n) is 13.7. The van der Waals surface area contributed by atoms with Crippen molar-refractivity contribution >= 4 is 21.8 Å². The van der Waals surface area contributed by atoms with E-state index in [2.05, 4.69) is 20.1 Å². The first-order chi connectivity index (χ1) is 17.6. The second-order valence-corrected chi connectivity index (χ2v) is 12.5. The second kappa shape index (κ2) is 11.9. The highest BCUT2D eigenvalue weighted by atomic mass is 32.2. The summed E-state index contributed by atoms with van der Waals surface area (Å²) in [5, 5.41) is 3.61. The lowest BCUT2D eigenvalue weighted by molar-refractivity contribution is 0.112. The van der Waals surface area contributed by atoms with Crippen molar-refractivity contribution in [2.24, 2.45) is 0 Å². The van der Waals surface area contributed by atoms with Gasteiger partial charge in [0, 0.05) is 51.0 Å². The van der Waals surface area contributed by atoms with Gasteiger partial charge in [-0.2, -0.15) is 4.98 Å². The molecule has 0 radical (unpaired) electrons. The lowest BCUT2D eigenvalue weighted by Gasteiger charge is -2.42. The standard InChI is InChI=1S/C27H40N6O2S/c34-36(35,22-23-9-4-3-5-10-23)33-19-13-25(14-20-33)32-18-8-11-24(21-32)29-27-28-15-12-26(30-27)31-16-6-1-2-7-17-31/h3-5,9-10,12,15,24-25H,1-2,6-8,11,13-14,16-22H2,(H,28,29,30). The Balaban J connectivity index is 1.13. The number of nitrogens with zero attached hydrogens (tertiary/aromatic N) is 5. The lowest BCUT2D eigenvalue weighted by Crippen LogP contribution is -2.52. The summed E-state index contributed by atoms with van der Waals surface area (Å²) in [5.74, 6) is 1.85. The number of rotatable bonds is 7. The molecule has 8 nitrogen and oxygen atoms in total. The van der Waals surface area contributed by atoms with Crippen molar-refractivity contribution in [3.8, 4) is 0 Å². The second-order valence-electron chi connectivity index (χ2n) is 10.5. The minimum Gasteiger partial charge on any atom is -0.356 e. The molecule has 1 N–H and O–H groups in total. The zero-order valence-electron chi connectivity index (χ0n) is 21.3. The van der Waals surface area contributed by atoms with Crippen molar-refractivity contribution in [3.05, 3.63) is 48.2 Å². The number of nitrogens with one attached hydrogen (secondary N) is 1. The van der Waals surface area contributed by atoms with Crippen molar-refractivity contribution in [2.75, 3.05) is 49.5 Å². The Bertz CT molecular complexity index is 1070. The van der Waals surface area contributed by atoms with Gasteiger partial charge < -0.3 is 10.2 Å². The van der Waals surface area contributed by atoms with Crippen LogP contribution in [0.5, 0.6) is 0 Å². The van der Waals surface area contributed by atoms with Gasteiger partial charge in [-0.1, -0.05) is 43.2 Å². The van der Waals surface area contributed by atoms with E-state index in [0.717, 1.165) is 69.2 Å². The van der Waals surface area contributed by atoms with Gasteiger partial charge in [0.1, 0.15) is 5.82 Å². The number of hydrogen-bond acceptors (Lipinski definition) is 7. The van der Waals surface area contributed by atoms with E-state index in [1.54, 1.807) is 4.31 Å². The van der Waals surface area contributed by atoms with E-state index in [-0.39, 0.29) is 5.75 Å². The molecule has 4 heterocycles. The van der Waals surface area contributed by atoms with Crippen molar-refractivity contribution in [1.29, 1.82) is 0 Å². The minimum absolute atomic E-state index is 0.0880. The fraction of sp³-hybridized carbons (Fsp3) is 0.630. The van der Waals surface area contributed by atoms with Crippen LogP contribution in [0.25, 0.3) is 0 Å². The quantitative estimate of drug-likeness (QED) is 0.605. The molecule has 196 valence electrons. The Morgan fingerprint density at radius 1 is 0.861 bits per heavy atom. The summed E-state index contributed by atoms with van der Waals surface area (Å²) in [6.45, 7) is 5.40. The molecule has 5 rings (SSSR count). The van der Waals surface area contributed by atoms with E-state index in [0.29, 0.717) is 25.2 Å². The van der Waals surface area contributed by atoms with Crippen LogP contribution in [0, 0.1) is 0 Å². The van der Waals surface area contributed by atoms with Crippen LogP contribution in [0.2, 0.25) is 0 Å². The molecule has 1 atom stereocenters. The molecule has 1 unspecified atom stereocenters. The van der Waals surface area contributed by atoms with Crippen molar-refractivity contribution in [3.63, 3.8) is 0 Å². The van der Waals surface area contributed by atoms with Crippen molar-refractivity contribution in [1.82, 2.24) is 19.2 Å². The number of hydrogen-bond donors (Lipinski definition) is 1. The van der Waals surface area contributed by atoms with Crippen LogP contribution in [0.1, 0.15) is 56.9 Å². The molecule has 3 aliphatic rings. The third kappa shape index (κ3) is 6.55. The molecule has 3 saturated heterocycles. The third-order valence-electron chi connectivity index (χ3n) is 7.88. The summed E-state index contributed by atoms with van der Waals surface area (Å²) >= 11 is 0. The molecule has 1 aromatic heterocycles. The molecule has 3 aliphatic heterocycles. The van der Waals surface area contributed by atoms with Gasteiger partial charge in [-0.05, 0) is 56.7 Å². The topological polar surface area (TPSA) is 81.7 Å². The minimum atomic E-state index is -3.28. The highest BCUT2D eigenvalue weighted by Crippen LogP contribution is 2.25. The number of anilines is 2. The van der Waals surface area contributed by atoms with Gasteiger partial charge in [-0.15, -0.1) is 0 Å². The normalized spacial score (nSPS) is 23.3. The maximum atomic E-state index is 12.9. The summed E-state index contributed by atoms with van der Waals surface area (Å²) in [4.78, 5) is 14.3. The van der Waals surface area contributed by atoms with Crippen molar-refractivity contribution < 1.29 is 8.42 Å². The predicted molar refractivity (Wildman–Crippen MR) is 145 cm³/mol. The van der Waals surface area contributed by atoms with Crippen LogP contribution in [0.4, 0.5) is 11.8 Å². The molecule has 0 bridgehead atoms. The van der Waals surface area contributed by atoms with Crippen LogP contribution < -0.4 is 10.2 Å². The predicted octanol–water partition coefficient (Wildman–Crippen LogP) is 3.73. The number of likely N-dealkylation sites (tertiary alicyclic amines) is 1. The zero-order chi connectivity index (χ0) is 24.8. The Morgan fingerprint density at radius 3 is 2.36 bits per heavy atom. The number of benzene rings is 1. The first-order valence-corrected chi connectivity index (χ1v) is 15.3. The maximum absolute atomic E-state index is 12.9. The molecule has 3 fully saturated rings. The zero-order valence-corrected chi connectivity index (χ0v) is 22.1. The number of piperidine rings is 2. The molecule has 0 saturated carbocycles. The SMILES string of the molecule is O=S(=O)(Cc1ccccc1)N1CCC(N2CCCC(Nc3nccc(N4CCCCCC4)n3)C2)CC1. The fourth-order valence-corrected chi connectivity index (χ4v) is 7.46. The average molecular weight is 513 g/mol. The van der Waals surface area contributed by atoms with Gasteiger partial charge in [0.15, 0.2) is 0 Å². The molecule has 1 aromatic carbocycles. The first kappa shape index (κ1) is 25.4. The van der Waals surface area contributed by atoms with Crippen LogP contribution >= 0.6 is 0 Å². The molecule has 36 heavy (non-hydrogen) atoms. The molecular formula is C27H40N6O2S. The summed E-state index contributed by atoms with van der Waals surface area (Å²) in [5.41, 5.74) is 0.853. The van der Waals surface area contributed by atoms with E-state index in [1.807, 2.05) is 42.6 Å². The summed E-state index contributed by atoms with van der Waals surface area (Å²) < 4.78 is 27.6. The van der Waals surface area contributed by atoms with E-state index in [9.17, 15) is 8.42 Å². The third-order valence-corrected chi connectivity index (χ3v) is 9.73. The van der Waals surface area contributed by atoms with Crippen LogP contribution in [-0.2, 0) is 15.8 Å². The Labute approximate surface area is 216 Å². The molecule has 0 aliphatic carbocycles. The molecular weight excluding hydrogens is 472 g/mol. The van der Waals surface area contributed by atoms with Gasteiger partial charge in [0.05, 0.1) is 5.75 Å². The summed E-state index contributed by atoms with van der Waals surface area (Å²) in [6.07, 6.45) is 11.0. The summed E-state index contributed by atoms with van der Waals surface area (Å²) in [7, 11) is -3.28. The Kier molecular flexibility index (Phi) is 8.39. The van der Waals surface area contributed by atoms with Crippen LogP contribution in [0.15, 0.2) is 42.6 Å². The maximum Gasteiger partial charge on any atom is 0.224 e. The van der Waals surface area contributed by atoms with Crippen LogP contribution in [-0.4, -0.2) is 78.9 Å². The highest BCUT2D eigenvalue weighted by Gasteiger charge is 2.33.